The molecule has 2 aromatic carbocycles. The zero-order valence-electron chi connectivity index (χ0n) is 17.9. The van der Waals surface area contributed by atoms with Crippen molar-refractivity contribution in [3.63, 3.8) is 0 Å². The monoisotopic (exact) mass is 486 g/mol. The number of halogens is 6. The van der Waals surface area contributed by atoms with Gasteiger partial charge >= 0.3 is 6.36 Å². The first-order valence-electron chi connectivity index (χ1n) is 9.99. The standard InChI is InChI=1S/C22H20F6N4O2/c1-11(2)18(10-33)30-21-29-17(12-4-3-5-14(6-12)34-22(26,27)28)9-19(32-21)31-20-15(24)7-13(23)8-16(20)25/h3-9,11,18,33H,10H2,1-2H3,(H2,29,30,31,32)/t18-/m0/s1. The van der Waals surface area contributed by atoms with Crippen LogP contribution in [-0.2, 0) is 0 Å². The quantitative estimate of drug-likeness (QED) is 0.358. The third kappa shape index (κ3) is 6.50. The molecule has 0 aliphatic heterocycles. The third-order valence-corrected chi connectivity index (χ3v) is 4.67. The van der Waals surface area contributed by atoms with Crippen LogP contribution in [0.5, 0.6) is 5.75 Å². The molecule has 1 atom stereocenters. The number of alkyl halides is 3. The van der Waals surface area contributed by atoms with Crippen LogP contribution in [0.15, 0.2) is 42.5 Å². The van der Waals surface area contributed by atoms with Gasteiger partial charge in [0, 0.05) is 23.8 Å². The fourth-order valence-electron chi connectivity index (χ4n) is 2.95. The van der Waals surface area contributed by atoms with Crippen LogP contribution in [0.4, 0.5) is 43.8 Å². The van der Waals surface area contributed by atoms with E-state index in [1.165, 1.54) is 18.2 Å². The third-order valence-electron chi connectivity index (χ3n) is 4.67. The van der Waals surface area contributed by atoms with Crippen molar-refractivity contribution in [3.05, 3.63) is 59.9 Å². The first-order chi connectivity index (χ1) is 15.9. The Hall–Kier alpha value is -3.54. The summed E-state index contributed by atoms with van der Waals surface area (Å²) in [5, 5.41) is 14.9. The van der Waals surface area contributed by atoms with Crippen LogP contribution in [0.2, 0.25) is 0 Å². The predicted molar refractivity (Wildman–Crippen MR) is 113 cm³/mol. The highest BCUT2D eigenvalue weighted by atomic mass is 19.4. The number of nitrogens with one attached hydrogen (secondary N) is 2. The molecule has 0 fully saturated rings. The molecule has 0 radical (unpaired) electrons. The second-order valence-corrected chi connectivity index (χ2v) is 7.58. The number of hydrogen-bond acceptors (Lipinski definition) is 6. The molecule has 0 bridgehead atoms. The number of aliphatic hydroxyl groups is 1. The van der Waals surface area contributed by atoms with Gasteiger partial charge in [-0.1, -0.05) is 26.0 Å². The summed E-state index contributed by atoms with van der Waals surface area (Å²) in [6.07, 6.45) is -4.91. The molecular formula is C22H20F6N4O2. The number of nitrogens with zero attached hydrogens (tertiary/aromatic N) is 2. The molecule has 0 amide bonds. The second kappa shape index (κ2) is 10.2. The molecule has 182 valence electrons. The van der Waals surface area contributed by atoms with Gasteiger partial charge < -0.3 is 20.5 Å². The van der Waals surface area contributed by atoms with E-state index in [9.17, 15) is 31.4 Å². The van der Waals surface area contributed by atoms with Crippen LogP contribution in [-0.4, -0.2) is 34.1 Å². The Bertz CT molecular complexity index is 1130. The molecule has 3 N–H and O–H groups in total. The van der Waals surface area contributed by atoms with E-state index in [4.69, 9.17) is 0 Å². The van der Waals surface area contributed by atoms with Gasteiger partial charge in [0.05, 0.1) is 18.3 Å². The van der Waals surface area contributed by atoms with Crippen LogP contribution in [0.1, 0.15) is 13.8 Å². The molecule has 0 unspecified atom stereocenters. The van der Waals surface area contributed by atoms with Crippen LogP contribution in [0.25, 0.3) is 11.3 Å². The zero-order chi connectivity index (χ0) is 25.0. The van der Waals surface area contributed by atoms with Gasteiger partial charge in [-0.25, -0.2) is 18.2 Å². The highest BCUT2D eigenvalue weighted by Gasteiger charge is 2.31. The summed E-state index contributed by atoms with van der Waals surface area (Å²) < 4.78 is 83.3. The van der Waals surface area contributed by atoms with E-state index >= 15 is 0 Å². The molecule has 0 spiro atoms. The van der Waals surface area contributed by atoms with E-state index in [0.717, 1.165) is 12.1 Å². The number of benzene rings is 2. The molecule has 3 rings (SSSR count). The van der Waals surface area contributed by atoms with Crippen LogP contribution in [0.3, 0.4) is 0 Å². The fraction of sp³-hybridized carbons (Fsp3) is 0.273. The maximum Gasteiger partial charge on any atom is 0.573 e. The Balaban J connectivity index is 2.06. The predicted octanol–water partition coefficient (Wildman–Crippen LogP) is 5.63. The largest absolute Gasteiger partial charge is 0.573 e. The molecule has 6 nitrogen and oxygen atoms in total. The summed E-state index contributed by atoms with van der Waals surface area (Å²) >= 11 is 0. The highest BCUT2D eigenvalue weighted by molar-refractivity contribution is 5.68. The normalized spacial score (nSPS) is 12.5. The van der Waals surface area contributed by atoms with Crippen LogP contribution >= 0.6 is 0 Å². The summed E-state index contributed by atoms with van der Waals surface area (Å²) in [6, 6.07) is 6.63. The van der Waals surface area contributed by atoms with Gasteiger partial charge in [-0.05, 0) is 18.1 Å². The molecule has 0 saturated carbocycles. The summed E-state index contributed by atoms with van der Waals surface area (Å²) in [5.41, 5.74) is -0.426. The van der Waals surface area contributed by atoms with Crippen LogP contribution < -0.4 is 15.4 Å². The minimum absolute atomic E-state index is 0.0656. The van der Waals surface area contributed by atoms with E-state index in [1.807, 2.05) is 13.8 Å². The average Bonchev–Trinajstić information content (AvgIpc) is 2.73. The van der Waals surface area contributed by atoms with Gasteiger partial charge in [0.15, 0.2) is 11.6 Å². The van der Waals surface area contributed by atoms with Crippen molar-refractivity contribution in [1.82, 2.24) is 9.97 Å². The van der Waals surface area contributed by atoms with Crippen molar-refractivity contribution in [1.29, 1.82) is 0 Å². The van der Waals surface area contributed by atoms with Gasteiger partial charge in [-0.3, -0.25) is 0 Å². The van der Waals surface area contributed by atoms with Crippen molar-refractivity contribution in [3.8, 4) is 17.0 Å². The molecule has 0 saturated heterocycles. The lowest BCUT2D eigenvalue weighted by atomic mass is 10.1. The molecule has 34 heavy (non-hydrogen) atoms. The van der Waals surface area contributed by atoms with Gasteiger partial charge in [0.2, 0.25) is 5.95 Å². The second-order valence-electron chi connectivity index (χ2n) is 7.58. The Morgan fingerprint density at radius 2 is 1.68 bits per heavy atom. The Kier molecular flexibility index (Phi) is 7.50. The van der Waals surface area contributed by atoms with E-state index in [1.54, 1.807) is 0 Å². The summed E-state index contributed by atoms with van der Waals surface area (Å²) in [4.78, 5) is 8.38. The number of hydrogen-bond donors (Lipinski definition) is 3. The minimum atomic E-state index is -4.91. The molecule has 0 aliphatic rings. The lowest BCUT2D eigenvalue weighted by Gasteiger charge is -2.21. The minimum Gasteiger partial charge on any atom is -0.406 e. The first-order valence-corrected chi connectivity index (χ1v) is 9.99. The van der Waals surface area contributed by atoms with Crippen molar-refractivity contribution in [2.45, 2.75) is 26.3 Å². The SMILES string of the molecule is CC(C)[C@H](CO)Nc1nc(Nc2c(F)cc(F)cc2F)cc(-c2cccc(OC(F)(F)F)c2)n1. The Morgan fingerprint density at radius 3 is 2.26 bits per heavy atom. The summed E-state index contributed by atoms with van der Waals surface area (Å²) in [6.45, 7) is 3.35. The van der Waals surface area contributed by atoms with E-state index in [2.05, 4.69) is 25.3 Å². The van der Waals surface area contributed by atoms with Crippen molar-refractivity contribution in [2.75, 3.05) is 17.2 Å². The number of rotatable bonds is 8. The lowest BCUT2D eigenvalue weighted by Crippen LogP contribution is -2.30. The van der Waals surface area contributed by atoms with Crippen LogP contribution in [0, 0.1) is 23.4 Å². The smallest absolute Gasteiger partial charge is 0.406 e. The number of aromatic nitrogens is 2. The van der Waals surface area contributed by atoms with Gasteiger partial charge in [-0.15, -0.1) is 13.2 Å². The molecule has 3 aromatic rings. The molecule has 1 heterocycles. The summed E-state index contributed by atoms with van der Waals surface area (Å²) in [5.74, 6) is -4.33. The molecular weight excluding hydrogens is 466 g/mol. The number of ether oxygens (including phenoxy) is 1. The number of aliphatic hydroxyl groups excluding tert-OH is 1. The highest BCUT2D eigenvalue weighted by Crippen LogP contribution is 2.30. The maximum absolute atomic E-state index is 14.1. The average molecular weight is 486 g/mol. The van der Waals surface area contributed by atoms with E-state index in [0.29, 0.717) is 12.1 Å². The molecule has 1 aromatic heterocycles. The van der Waals surface area contributed by atoms with Gasteiger partial charge in [0.1, 0.15) is 23.1 Å². The van der Waals surface area contributed by atoms with Crippen molar-refractivity contribution >= 4 is 17.5 Å². The van der Waals surface area contributed by atoms with Crippen molar-refractivity contribution < 1.29 is 36.2 Å². The van der Waals surface area contributed by atoms with Gasteiger partial charge in [0.25, 0.3) is 0 Å². The topological polar surface area (TPSA) is 79.3 Å². The molecule has 12 heteroatoms. The zero-order valence-corrected chi connectivity index (χ0v) is 17.9. The maximum atomic E-state index is 14.1. The number of anilines is 3. The van der Waals surface area contributed by atoms with Gasteiger partial charge in [-0.2, -0.15) is 4.98 Å². The fourth-order valence-corrected chi connectivity index (χ4v) is 2.95. The summed E-state index contributed by atoms with van der Waals surface area (Å²) in [7, 11) is 0. The lowest BCUT2D eigenvalue weighted by molar-refractivity contribution is -0.274. The van der Waals surface area contributed by atoms with E-state index < -0.39 is 41.3 Å². The molecule has 0 aliphatic carbocycles. The van der Waals surface area contributed by atoms with Crippen molar-refractivity contribution in [2.24, 2.45) is 5.92 Å². The Morgan fingerprint density at radius 1 is 1.00 bits per heavy atom. The first kappa shape index (κ1) is 25.1. The Labute approximate surface area is 190 Å². The van der Waals surface area contributed by atoms with E-state index in [-0.39, 0.29) is 35.5 Å².